The van der Waals surface area contributed by atoms with E-state index in [-0.39, 0.29) is 0 Å². The molecular weight excluding hydrogens is 735 g/mol. The number of likely N-dealkylation sites (N-methyl/N-ethyl adjacent to an activating group) is 1. The van der Waals surface area contributed by atoms with Crippen LogP contribution in [0.3, 0.4) is 0 Å². The molecule has 2 rings (SSSR count). The lowest BCUT2D eigenvalue weighted by Gasteiger charge is -2.35. The molecular formula is C55H107N3O2. The van der Waals surface area contributed by atoms with Gasteiger partial charge in [-0.15, -0.1) is 0 Å². The zero-order valence-electron chi connectivity index (χ0n) is 41.5. The third-order valence-corrected chi connectivity index (χ3v) is 13.9. The Bertz CT molecular complexity index is 953. The van der Waals surface area contributed by atoms with Gasteiger partial charge < -0.3 is 19.3 Å². The summed E-state index contributed by atoms with van der Waals surface area (Å²) in [4.78, 5) is 8.15. The van der Waals surface area contributed by atoms with E-state index in [2.05, 4.69) is 49.0 Å². The van der Waals surface area contributed by atoms with Crippen LogP contribution in [0.15, 0.2) is 23.7 Å². The van der Waals surface area contributed by atoms with Crippen LogP contribution in [-0.4, -0.2) is 86.3 Å². The normalized spacial score (nSPS) is 15.0. The molecule has 1 aliphatic heterocycles. The monoisotopic (exact) mass is 842 g/mol. The van der Waals surface area contributed by atoms with Crippen molar-refractivity contribution >= 4 is 0 Å². The maximum Gasteiger partial charge on any atom is 0.0982 e. The Morgan fingerprint density at radius 1 is 0.517 bits per heavy atom. The van der Waals surface area contributed by atoms with Gasteiger partial charge in [-0.05, 0) is 102 Å². The number of unbranched alkanes of at least 4 members (excludes halogenated alkanes) is 24. The summed E-state index contributed by atoms with van der Waals surface area (Å²) < 4.78 is 13.1. The van der Waals surface area contributed by atoms with Gasteiger partial charge in [0.1, 0.15) is 0 Å². The second kappa shape index (κ2) is 40.7. The first-order chi connectivity index (χ1) is 29.6. The number of nitrogens with zero attached hydrogens (tertiary/aromatic N) is 3. The maximum absolute atomic E-state index is 6.57. The van der Waals surface area contributed by atoms with Gasteiger partial charge in [0.2, 0.25) is 0 Å². The molecule has 0 radical (unpaired) electrons. The minimum absolute atomic E-state index is 0.390. The topological polar surface area (TPSA) is 28.2 Å². The van der Waals surface area contributed by atoms with Crippen molar-refractivity contribution in [2.45, 2.75) is 265 Å². The highest BCUT2D eigenvalue weighted by molar-refractivity contribution is 5.15. The smallest absolute Gasteiger partial charge is 0.0982 e. The SMILES string of the molecule is C=C(CCCCCCCN(CCCCCC(OCCCCCCCCCCC)=C1CCC1)CCN1CCN(CC)CC1)OC(CCCCCCCC)CCCCCCCC. The molecule has 0 N–H and O–H groups in total. The van der Waals surface area contributed by atoms with Gasteiger partial charge in [0, 0.05) is 52.1 Å². The van der Waals surface area contributed by atoms with Crippen molar-refractivity contribution in [3.63, 3.8) is 0 Å². The maximum atomic E-state index is 6.57. The van der Waals surface area contributed by atoms with Crippen LogP contribution in [0.2, 0.25) is 0 Å². The average molecular weight is 842 g/mol. The number of hydrogen-bond donors (Lipinski definition) is 0. The summed E-state index contributed by atoms with van der Waals surface area (Å²) >= 11 is 0. The van der Waals surface area contributed by atoms with Crippen LogP contribution in [0.4, 0.5) is 0 Å². The second-order valence-electron chi connectivity index (χ2n) is 19.4. The molecule has 0 unspecified atom stereocenters. The fourth-order valence-electron chi connectivity index (χ4n) is 9.39. The van der Waals surface area contributed by atoms with Crippen molar-refractivity contribution in [3.05, 3.63) is 23.7 Å². The second-order valence-corrected chi connectivity index (χ2v) is 19.4. The summed E-state index contributed by atoms with van der Waals surface area (Å²) in [5.74, 6) is 2.45. The van der Waals surface area contributed by atoms with Gasteiger partial charge in [0.25, 0.3) is 0 Å². The Labute approximate surface area is 377 Å². The molecule has 0 aromatic carbocycles. The minimum Gasteiger partial charge on any atom is -0.498 e. The fraction of sp³-hybridized carbons (Fsp3) is 0.927. The molecule has 1 heterocycles. The van der Waals surface area contributed by atoms with Crippen LogP contribution in [0.5, 0.6) is 0 Å². The highest BCUT2D eigenvalue weighted by atomic mass is 16.5. The lowest BCUT2D eigenvalue weighted by molar-refractivity contribution is 0.0895. The number of allylic oxidation sites excluding steroid dienone is 3. The van der Waals surface area contributed by atoms with Crippen LogP contribution < -0.4 is 0 Å². The van der Waals surface area contributed by atoms with Crippen molar-refractivity contribution in [2.24, 2.45) is 0 Å². The molecule has 0 atom stereocenters. The standard InChI is InChI=1S/C55H107N3O2/c1-6-10-13-16-19-20-21-27-35-51-59-55(53-38-36-39-53)42-32-28-34-44-57(49-50-58-47-45-56(9-4)46-48-58)43-33-26-22-23-29-37-52(5)60-54(40-30-24-17-14-11-7-2)41-31-25-18-15-12-8-3/h54H,5-51H2,1-4H3. The first kappa shape index (κ1) is 55.1. The number of rotatable bonds is 45. The van der Waals surface area contributed by atoms with E-state index in [1.807, 2.05) is 0 Å². The Morgan fingerprint density at radius 3 is 1.48 bits per heavy atom. The van der Waals surface area contributed by atoms with Gasteiger partial charge >= 0.3 is 0 Å². The quantitative estimate of drug-likeness (QED) is 0.0450. The summed E-state index contributed by atoms with van der Waals surface area (Å²) in [6.07, 6.45) is 48.3. The number of hydrogen-bond acceptors (Lipinski definition) is 5. The van der Waals surface area contributed by atoms with Crippen LogP contribution in [-0.2, 0) is 9.47 Å². The summed E-state index contributed by atoms with van der Waals surface area (Å²) in [5.41, 5.74) is 1.64. The summed E-state index contributed by atoms with van der Waals surface area (Å²) in [5, 5.41) is 0. The predicted octanol–water partition coefficient (Wildman–Crippen LogP) is 16.2. The van der Waals surface area contributed by atoms with Crippen LogP contribution in [0.1, 0.15) is 259 Å². The van der Waals surface area contributed by atoms with Crippen LogP contribution in [0, 0.1) is 0 Å². The zero-order valence-corrected chi connectivity index (χ0v) is 41.5. The summed E-state index contributed by atoms with van der Waals surface area (Å²) in [6.45, 7) is 25.8. The number of ether oxygens (including phenoxy) is 2. The molecule has 0 spiro atoms. The largest absolute Gasteiger partial charge is 0.498 e. The lowest BCUT2D eigenvalue weighted by atomic mass is 9.90. The zero-order chi connectivity index (χ0) is 43.0. The average Bonchev–Trinajstić information content (AvgIpc) is 3.24. The van der Waals surface area contributed by atoms with E-state index in [0.717, 1.165) is 18.8 Å². The Hall–Kier alpha value is -1.04. The number of piperazine rings is 1. The molecule has 0 amide bonds. The van der Waals surface area contributed by atoms with E-state index in [4.69, 9.17) is 9.47 Å². The van der Waals surface area contributed by atoms with Crippen molar-refractivity contribution in [1.82, 2.24) is 14.7 Å². The molecule has 2 aliphatic rings. The Balaban J connectivity index is 1.67. The Morgan fingerprint density at radius 2 is 0.967 bits per heavy atom. The molecule has 0 bridgehead atoms. The summed E-state index contributed by atoms with van der Waals surface area (Å²) in [6, 6.07) is 0. The predicted molar refractivity (Wildman–Crippen MR) is 265 cm³/mol. The third kappa shape index (κ3) is 30.9. The first-order valence-electron chi connectivity index (χ1n) is 27.4. The lowest BCUT2D eigenvalue weighted by Crippen LogP contribution is -2.48. The van der Waals surface area contributed by atoms with E-state index in [9.17, 15) is 0 Å². The van der Waals surface area contributed by atoms with Crippen molar-refractivity contribution in [2.75, 3.05) is 65.5 Å². The van der Waals surface area contributed by atoms with Gasteiger partial charge in [0.05, 0.1) is 24.2 Å². The highest BCUT2D eigenvalue weighted by Crippen LogP contribution is 2.32. The first-order valence-corrected chi connectivity index (χ1v) is 27.4. The minimum atomic E-state index is 0.390. The van der Waals surface area contributed by atoms with Gasteiger partial charge in [0.15, 0.2) is 0 Å². The summed E-state index contributed by atoms with van der Waals surface area (Å²) in [7, 11) is 0. The van der Waals surface area contributed by atoms with Gasteiger partial charge in [-0.2, -0.15) is 0 Å². The van der Waals surface area contributed by atoms with E-state index < -0.39 is 0 Å². The van der Waals surface area contributed by atoms with Gasteiger partial charge in [-0.3, -0.25) is 4.90 Å². The highest BCUT2D eigenvalue weighted by Gasteiger charge is 2.18. The van der Waals surface area contributed by atoms with Crippen molar-refractivity contribution in [3.8, 4) is 0 Å². The van der Waals surface area contributed by atoms with E-state index in [0.29, 0.717) is 6.10 Å². The molecule has 1 aliphatic carbocycles. The van der Waals surface area contributed by atoms with Crippen molar-refractivity contribution in [1.29, 1.82) is 0 Å². The Kier molecular flexibility index (Phi) is 37.4. The van der Waals surface area contributed by atoms with E-state index >= 15 is 0 Å². The third-order valence-electron chi connectivity index (χ3n) is 13.9. The fourth-order valence-corrected chi connectivity index (χ4v) is 9.39. The van der Waals surface area contributed by atoms with Gasteiger partial charge in [-0.1, -0.05) is 176 Å². The molecule has 0 aromatic rings. The van der Waals surface area contributed by atoms with Crippen LogP contribution in [0.25, 0.3) is 0 Å². The molecule has 2 fully saturated rings. The molecule has 1 saturated carbocycles. The molecule has 0 aromatic heterocycles. The molecule has 1 saturated heterocycles. The molecule has 5 heteroatoms. The van der Waals surface area contributed by atoms with Crippen LogP contribution >= 0.6 is 0 Å². The molecule has 5 nitrogen and oxygen atoms in total. The molecule has 60 heavy (non-hydrogen) atoms. The van der Waals surface area contributed by atoms with Gasteiger partial charge in [-0.25, -0.2) is 0 Å². The van der Waals surface area contributed by atoms with E-state index in [1.54, 1.807) is 5.57 Å². The van der Waals surface area contributed by atoms with Crippen molar-refractivity contribution < 1.29 is 9.47 Å². The molecule has 354 valence electrons. The van der Waals surface area contributed by atoms with E-state index in [1.165, 1.54) is 289 Å².